The Morgan fingerprint density at radius 1 is 1.50 bits per heavy atom. The maximum absolute atomic E-state index is 13.1. The lowest BCUT2D eigenvalue weighted by Gasteiger charge is -2.20. The van der Waals surface area contributed by atoms with Crippen LogP contribution in [0.15, 0.2) is 18.2 Å². The first-order chi connectivity index (χ1) is 9.32. The molecule has 1 heterocycles. The Kier molecular flexibility index (Phi) is 3.85. The lowest BCUT2D eigenvalue weighted by molar-refractivity contribution is -0.146. The number of aliphatic carboxylic acids is 1. The van der Waals surface area contributed by atoms with Crippen molar-refractivity contribution in [3.63, 3.8) is 0 Å². The lowest BCUT2D eigenvalue weighted by atomic mass is 9.90. The van der Waals surface area contributed by atoms with Crippen molar-refractivity contribution < 1.29 is 19.1 Å². The van der Waals surface area contributed by atoms with Crippen molar-refractivity contribution in [3.05, 3.63) is 29.0 Å². The van der Waals surface area contributed by atoms with Gasteiger partial charge in [0.1, 0.15) is 5.82 Å². The third kappa shape index (κ3) is 2.85. The van der Waals surface area contributed by atoms with Crippen molar-refractivity contribution in [2.75, 3.05) is 18.4 Å². The molecule has 0 bridgehead atoms. The summed E-state index contributed by atoms with van der Waals surface area (Å²) in [5, 5.41) is 11.8. The number of carboxylic acid groups (broad SMARTS) is 1. The second-order valence-corrected chi connectivity index (χ2v) is 5.50. The van der Waals surface area contributed by atoms with Gasteiger partial charge in [-0.1, -0.05) is 11.6 Å². The van der Waals surface area contributed by atoms with Crippen molar-refractivity contribution in [3.8, 4) is 0 Å². The molecule has 1 atom stereocenters. The third-order valence-electron chi connectivity index (χ3n) is 3.45. The Balaban J connectivity index is 2.07. The molecule has 1 fully saturated rings. The van der Waals surface area contributed by atoms with Gasteiger partial charge < -0.3 is 15.3 Å². The van der Waals surface area contributed by atoms with Crippen LogP contribution in [0.3, 0.4) is 0 Å². The van der Waals surface area contributed by atoms with E-state index in [-0.39, 0.29) is 17.3 Å². The highest BCUT2D eigenvalue weighted by molar-refractivity contribution is 6.33. The average Bonchev–Trinajstić information content (AvgIpc) is 2.78. The fraction of sp³-hybridized carbons (Fsp3) is 0.385. The van der Waals surface area contributed by atoms with Crippen LogP contribution in [0.4, 0.5) is 14.9 Å². The fourth-order valence-electron chi connectivity index (χ4n) is 2.10. The summed E-state index contributed by atoms with van der Waals surface area (Å²) in [4.78, 5) is 24.5. The summed E-state index contributed by atoms with van der Waals surface area (Å²) in [5.74, 6) is -1.45. The predicted molar refractivity (Wildman–Crippen MR) is 72.4 cm³/mol. The van der Waals surface area contributed by atoms with Gasteiger partial charge >= 0.3 is 12.0 Å². The molecule has 0 aromatic heterocycles. The van der Waals surface area contributed by atoms with Gasteiger partial charge in [0.15, 0.2) is 0 Å². The summed E-state index contributed by atoms with van der Waals surface area (Å²) in [6.45, 7) is 2.04. The van der Waals surface area contributed by atoms with E-state index >= 15 is 0 Å². The summed E-state index contributed by atoms with van der Waals surface area (Å²) < 4.78 is 13.1. The second kappa shape index (κ2) is 5.28. The van der Waals surface area contributed by atoms with E-state index in [0.29, 0.717) is 13.0 Å². The number of likely N-dealkylation sites (tertiary alicyclic amines) is 1. The SMILES string of the molecule is CC1(C(=O)O)CCN(C(=O)Nc2cc(F)ccc2Cl)C1. The van der Waals surface area contributed by atoms with Crippen LogP contribution in [0, 0.1) is 11.2 Å². The van der Waals surface area contributed by atoms with E-state index in [4.69, 9.17) is 16.7 Å². The van der Waals surface area contributed by atoms with Gasteiger partial charge in [0.05, 0.1) is 16.1 Å². The normalized spacial score (nSPS) is 21.9. The minimum absolute atomic E-state index is 0.112. The molecule has 20 heavy (non-hydrogen) atoms. The van der Waals surface area contributed by atoms with Crippen LogP contribution in [-0.4, -0.2) is 35.1 Å². The number of urea groups is 1. The lowest BCUT2D eigenvalue weighted by Crippen LogP contribution is -2.37. The summed E-state index contributed by atoms with van der Waals surface area (Å²) in [7, 11) is 0. The molecular formula is C13H14ClFN2O3. The molecule has 2 amide bonds. The van der Waals surface area contributed by atoms with E-state index in [1.807, 2.05) is 0 Å². The Morgan fingerprint density at radius 3 is 2.80 bits per heavy atom. The molecule has 1 aromatic rings. The first-order valence-corrected chi connectivity index (χ1v) is 6.44. The number of rotatable bonds is 2. The highest BCUT2D eigenvalue weighted by Gasteiger charge is 2.42. The van der Waals surface area contributed by atoms with Crippen molar-refractivity contribution in [2.24, 2.45) is 5.41 Å². The molecule has 5 nitrogen and oxygen atoms in total. The van der Waals surface area contributed by atoms with E-state index < -0.39 is 23.2 Å². The number of anilines is 1. The third-order valence-corrected chi connectivity index (χ3v) is 3.78. The number of carbonyl (C=O) groups is 2. The maximum atomic E-state index is 13.1. The largest absolute Gasteiger partial charge is 0.481 e. The molecule has 1 aliphatic rings. The van der Waals surface area contributed by atoms with Crippen molar-refractivity contribution >= 4 is 29.3 Å². The summed E-state index contributed by atoms with van der Waals surface area (Å²) >= 11 is 5.86. The van der Waals surface area contributed by atoms with E-state index in [9.17, 15) is 14.0 Å². The highest BCUT2D eigenvalue weighted by atomic mass is 35.5. The number of carbonyl (C=O) groups excluding carboxylic acids is 1. The van der Waals surface area contributed by atoms with E-state index in [0.717, 1.165) is 6.07 Å². The van der Waals surface area contributed by atoms with Crippen LogP contribution in [-0.2, 0) is 4.79 Å². The number of halogens is 2. The standard InChI is InChI=1S/C13H14ClFN2O3/c1-13(11(18)19)4-5-17(7-13)12(20)16-10-6-8(15)2-3-9(10)14/h2-3,6H,4-5,7H2,1H3,(H,16,20)(H,18,19). The minimum atomic E-state index is -0.941. The fourth-order valence-corrected chi connectivity index (χ4v) is 2.26. The molecule has 2 N–H and O–H groups in total. The van der Waals surface area contributed by atoms with Crippen LogP contribution < -0.4 is 5.32 Å². The van der Waals surface area contributed by atoms with E-state index in [2.05, 4.69) is 5.32 Å². The van der Waals surface area contributed by atoms with Gasteiger partial charge in [-0.3, -0.25) is 4.79 Å². The zero-order chi connectivity index (χ0) is 14.9. The average molecular weight is 301 g/mol. The van der Waals surface area contributed by atoms with Gasteiger partial charge in [0.2, 0.25) is 0 Å². The number of carboxylic acids is 1. The molecule has 0 spiro atoms. The molecule has 108 valence electrons. The smallest absolute Gasteiger partial charge is 0.321 e. The number of nitrogens with zero attached hydrogens (tertiary/aromatic N) is 1. The monoisotopic (exact) mass is 300 g/mol. The number of nitrogens with one attached hydrogen (secondary N) is 1. The maximum Gasteiger partial charge on any atom is 0.321 e. The molecule has 2 rings (SSSR count). The van der Waals surface area contributed by atoms with Gasteiger partial charge in [-0.25, -0.2) is 9.18 Å². The van der Waals surface area contributed by atoms with Crippen molar-refractivity contribution in [1.29, 1.82) is 0 Å². The van der Waals surface area contributed by atoms with Crippen LogP contribution in [0.25, 0.3) is 0 Å². The summed E-state index contributed by atoms with van der Waals surface area (Å²) in [6.07, 6.45) is 0.382. The number of hydrogen-bond acceptors (Lipinski definition) is 2. The molecule has 1 saturated heterocycles. The van der Waals surface area contributed by atoms with E-state index in [1.54, 1.807) is 6.92 Å². The molecule has 7 heteroatoms. The zero-order valence-electron chi connectivity index (χ0n) is 10.8. The van der Waals surface area contributed by atoms with Gasteiger partial charge in [-0.15, -0.1) is 0 Å². The Bertz CT molecular complexity index is 567. The first kappa shape index (κ1) is 14.6. The zero-order valence-corrected chi connectivity index (χ0v) is 11.6. The van der Waals surface area contributed by atoms with Crippen molar-refractivity contribution in [2.45, 2.75) is 13.3 Å². The van der Waals surface area contributed by atoms with E-state index in [1.165, 1.54) is 17.0 Å². The second-order valence-electron chi connectivity index (χ2n) is 5.09. The quantitative estimate of drug-likeness (QED) is 0.882. The topological polar surface area (TPSA) is 69.6 Å². The predicted octanol–water partition coefficient (Wildman–Crippen LogP) is 2.81. The first-order valence-electron chi connectivity index (χ1n) is 6.06. The molecule has 0 saturated carbocycles. The van der Waals surface area contributed by atoms with Crippen LogP contribution in [0.2, 0.25) is 5.02 Å². The Morgan fingerprint density at radius 2 is 2.20 bits per heavy atom. The van der Waals surface area contributed by atoms with Crippen LogP contribution in [0.5, 0.6) is 0 Å². The molecule has 0 aliphatic carbocycles. The number of hydrogen-bond donors (Lipinski definition) is 2. The van der Waals surface area contributed by atoms with Gasteiger partial charge in [0, 0.05) is 13.1 Å². The van der Waals surface area contributed by atoms with Crippen molar-refractivity contribution in [1.82, 2.24) is 4.90 Å². The number of benzene rings is 1. The van der Waals surface area contributed by atoms with Gasteiger partial charge in [-0.2, -0.15) is 0 Å². The Labute approximate surface area is 120 Å². The summed E-state index contributed by atoms with van der Waals surface area (Å²) in [5.41, 5.74) is -0.774. The van der Waals surface area contributed by atoms with Gasteiger partial charge in [0.25, 0.3) is 0 Å². The summed E-state index contributed by atoms with van der Waals surface area (Å²) in [6, 6.07) is 3.17. The molecule has 1 aliphatic heterocycles. The molecule has 1 unspecified atom stereocenters. The Hall–Kier alpha value is -1.82. The minimum Gasteiger partial charge on any atom is -0.481 e. The number of amides is 2. The molecular weight excluding hydrogens is 287 g/mol. The van der Waals surface area contributed by atoms with Crippen LogP contribution in [0.1, 0.15) is 13.3 Å². The molecule has 1 aromatic carbocycles. The van der Waals surface area contributed by atoms with Gasteiger partial charge in [-0.05, 0) is 31.5 Å². The highest BCUT2D eigenvalue weighted by Crippen LogP contribution is 2.31. The van der Waals surface area contributed by atoms with Crippen LogP contribution >= 0.6 is 11.6 Å². The molecule has 0 radical (unpaired) electrons.